The fourth-order valence-electron chi connectivity index (χ4n) is 1.26. The van der Waals surface area contributed by atoms with Gasteiger partial charge in [0.05, 0.1) is 17.7 Å². The Morgan fingerprint density at radius 1 is 1.56 bits per heavy atom. The van der Waals surface area contributed by atoms with Crippen LogP contribution in [0, 0.1) is 0 Å². The van der Waals surface area contributed by atoms with Gasteiger partial charge in [0.15, 0.2) is 0 Å². The van der Waals surface area contributed by atoms with Crippen molar-refractivity contribution < 1.29 is 14.6 Å². The van der Waals surface area contributed by atoms with Crippen molar-refractivity contribution in [3.05, 3.63) is 28.8 Å². The molecule has 0 aliphatic rings. The number of ether oxygens (including phenoxy) is 1. The second-order valence-corrected chi connectivity index (χ2v) is 3.70. The number of nitrogens with zero attached hydrogens (tertiary/aromatic N) is 2. The van der Waals surface area contributed by atoms with Gasteiger partial charge in [0.25, 0.3) is 5.91 Å². The van der Waals surface area contributed by atoms with Crippen LogP contribution in [0.5, 0.6) is 11.8 Å². The maximum absolute atomic E-state index is 11.8. The van der Waals surface area contributed by atoms with Gasteiger partial charge < -0.3 is 9.84 Å². The average Bonchev–Trinajstić information content (AvgIpc) is 2.80. The predicted octanol–water partition coefficient (Wildman–Crippen LogP) is 1.42. The molecule has 0 aliphatic heterocycles. The van der Waals surface area contributed by atoms with E-state index >= 15 is 0 Å². The van der Waals surface area contributed by atoms with Crippen molar-refractivity contribution in [3.8, 4) is 11.8 Å². The number of amides is 1. The van der Waals surface area contributed by atoms with Crippen LogP contribution in [0.15, 0.2) is 18.2 Å². The Bertz CT molecular complexity index is 584. The molecule has 0 atom stereocenters. The fraction of sp³-hybridized carbons (Fsp3) is 0.100. The van der Waals surface area contributed by atoms with E-state index in [1.54, 1.807) is 0 Å². The number of rotatable bonds is 3. The standard InChI is InChI=1S/C10H9ClN4O3/c1-18-10-13-9(14-15-10)12-8(17)6-4-5(16)2-3-7(6)11/h2-4,16H,1H3,(H2,12,13,14,15,17). The Labute approximate surface area is 107 Å². The van der Waals surface area contributed by atoms with Gasteiger partial charge in [0, 0.05) is 0 Å². The molecule has 94 valence electrons. The summed E-state index contributed by atoms with van der Waals surface area (Å²) >= 11 is 5.85. The zero-order chi connectivity index (χ0) is 13.1. The van der Waals surface area contributed by atoms with E-state index in [-0.39, 0.29) is 28.3 Å². The van der Waals surface area contributed by atoms with Crippen LogP contribution in [0.3, 0.4) is 0 Å². The normalized spacial score (nSPS) is 10.1. The molecule has 0 fully saturated rings. The summed E-state index contributed by atoms with van der Waals surface area (Å²) in [5.41, 5.74) is 0.132. The monoisotopic (exact) mass is 268 g/mol. The molecule has 0 bridgehead atoms. The molecule has 3 N–H and O–H groups in total. The molecular formula is C10H9ClN4O3. The highest BCUT2D eigenvalue weighted by Gasteiger charge is 2.13. The Hall–Kier alpha value is -2.28. The van der Waals surface area contributed by atoms with Crippen LogP contribution in [0.1, 0.15) is 10.4 Å². The van der Waals surface area contributed by atoms with Crippen molar-refractivity contribution in [2.24, 2.45) is 0 Å². The van der Waals surface area contributed by atoms with Crippen LogP contribution in [-0.2, 0) is 0 Å². The Morgan fingerprint density at radius 3 is 3.00 bits per heavy atom. The molecule has 7 nitrogen and oxygen atoms in total. The summed E-state index contributed by atoms with van der Waals surface area (Å²) in [4.78, 5) is 15.7. The van der Waals surface area contributed by atoms with Crippen LogP contribution >= 0.6 is 11.6 Å². The molecule has 0 spiro atoms. The van der Waals surface area contributed by atoms with Crippen molar-refractivity contribution in [3.63, 3.8) is 0 Å². The predicted molar refractivity (Wildman–Crippen MR) is 64.0 cm³/mol. The van der Waals surface area contributed by atoms with Gasteiger partial charge in [-0.1, -0.05) is 11.6 Å². The average molecular weight is 269 g/mol. The lowest BCUT2D eigenvalue weighted by molar-refractivity contribution is 0.102. The van der Waals surface area contributed by atoms with Crippen molar-refractivity contribution in [2.75, 3.05) is 12.4 Å². The lowest BCUT2D eigenvalue weighted by atomic mass is 10.2. The van der Waals surface area contributed by atoms with Gasteiger partial charge in [-0.15, -0.1) is 5.10 Å². The number of hydrogen-bond donors (Lipinski definition) is 3. The molecule has 2 aromatic rings. The van der Waals surface area contributed by atoms with Gasteiger partial charge in [-0.3, -0.25) is 10.1 Å². The molecule has 0 unspecified atom stereocenters. The number of H-pyrrole nitrogens is 1. The van der Waals surface area contributed by atoms with E-state index in [1.165, 1.54) is 25.3 Å². The number of halogens is 1. The maximum atomic E-state index is 11.8. The minimum Gasteiger partial charge on any atom is -0.508 e. The number of anilines is 1. The summed E-state index contributed by atoms with van der Waals surface area (Å²) in [5, 5.41) is 18.1. The first-order valence-corrected chi connectivity index (χ1v) is 5.24. The number of nitrogens with one attached hydrogen (secondary N) is 2. The molecule has 1 aromatic carbocycles. The number of carbonyl (C=O) groups excluding carboxylic acids is 1. The minimum atomic E-state index is -0.519. The molecule has 2 rings (SSSR count). The van der Waals surface area contributed by atoms with Gasteiger partial charge in [0.1, 0.15) is 5.75 Å². The summed E-state index contributed by atoms with van der Waals surface area (Å²) in [6.45, 7) is 0. The van der Waals surface area contributed by atoms with Gasteiger partial charge in [-0.05, 0) is 18.2 Å². The number of phenolic OH excluding ortho intramolecular Hbond substituents is 1. The van der Waals surface area contributed by atoms with Gasteiger partial charge >= 0.3 is 6.01 Å². The van der Waals surface area contributed by atoms with Crippen molar-refractivity contribution >= 4 is 23.5 Å². The summed E-state index contributed by atoms with van der Waals surface area (Å²) in [6.07, 6.45) is 0. The van der Waals surface area contributed by atoms with E-state index in [0.29, 0.717) is 0 Å². The third-order valence-corrected chi connectivity index (χ3v) is 2.40. The first kappa shape index (κ1) is 12.2. The van der Waals surface area contributed by atoms with Crippen LogP contribution in [0.25, 0.3) is 0 Å². The second kappa shape index (κ2) is 4.92. The van der Waals surface area contributed by atoms with E-state index in [2.05, 4.69) is 20.5 Å². The number of carbonyl (C=O) groups is 1. The number of aromatic nitrogens is 3. The summed E-state index contributed by atoms with van der Waals surface area (Å²) in [7, 11) is 1.40. The SMILES string of the molecule is COc1n[nH]c(NC(=O)c2cc(O)ccc2Cl)n1. The molecule has 0 aliphatic carbocycles. The number of benzene rings is 1. The zero-order valence-corrected chi connectivity index (χ0v) is 10.0. The molecule has 1 aromatic heterocycles. The fourth-order valence-corrected chi connectivity index (χ4v) is 1.46. The van der Waals surface area contributed by atoms with E-state index in [4.69, 9.17) is 16.3 Å². The largest absolute Gasteiger partial charge is 0.508 e. The van der Waals surface area contributed by atoms with Gasteiger partial charge in [-0.25, -0.2) is 5.10 Å². The first-order valence-electron chi connectivity index (χ1n) is 4.86. The first-order chi connectivity index (χ1) is 8.60. The van der Waals surface area contributed by atoms with Crippen LogP contribution in [0.2, 0.25) is 5.02 Å². The van der Waals surface area contributed by atoms with Crippen molar-refractivity contribution in [1.82, 2.24) is 15.2 Å². The molecule has 0 saturated carbocycles. The van der Waals surface area contributed by atoms with Crippen LogP contribution in [-0.4, -0.2) is 33.3 Å². The lowest BCUT2D eigenvalue weighted by Gasteiger charge is -2.04. The third-order valence-electron chi connectivity index (χ3n) is 2.07. The summed E-state index contributed by atoms with van der Waals surface area (Å²) in [5.74, 6) is -0.453. The molecule has 8 heteroatoms. The van der Waals surface area contributed by atoms with Crippen molar-refractivity contribution in [1.29, 1.82) is 0 Å². The van der Waals surface area contributed by atoms with E-state index < -0.39 is 5.91 Å². The molecule has 1 amide bonds. The summed E-state index contributed by atoms with van der Waals surface area (Å²) in [6, 6.07) is 4.17. The zero-order valence-electron chi connectivity index (χ0n) is 9.27. The highest BCUT2D eigenvalue weighted by molar-refractivity contribution is 6.34. The van der Waals surface area contributed by atoms with E-state index in [1.807, 2.05) is 0 Å². The maximum Gasteiger partial charge on any atom is 0.336 e. The van der Waals surface area contributed by atoms with Crippen LogP contribution < -0.4 is 10.1 Å². The molecule has 0 radical (unpaired) electrons. The molecular weight excluding hydrogens is 260 g/mol. The summed E-state index contributed by atoms with van der Waals surface area (Å²) < 4.78 is 4.75. The third kappa shape index (κ3) is 2.51. The Balaban J connectivity index is 2.19. The quantitative estimate of drug-likeness (QED) is 0.782. The Morgan fingerprint density at radius 2 is 2.33 bits per heavy atom. The number of phenols is 1. The highest BCUT2D eigenvalue weighted by atomic mass is 35.5. The Kier molecular flexibility index (Phi) is 3.33. The number of aromatic hydroxyl groups is 1. The molecule has 1 heterocycles. The number of hydrogen-bond acceptors (Lipinski definition) is 5. The number of aromatic amines is 1. The van der Waals surface area contributed by atoms with Crippen LogP contribution in [0.4, 0.5) is 5.95 Å². The minimum absolute atomic E-state index is 0.0558. The topological polar surface area (TPSA) is 100 Å². The smallest absolute Gasteiger partial charge is 0.336 e. The number of methoxy groups -OCH3 is 1. The molecule has 18 heavy (non-hydrogen) atoms. The highest BCUT2D eigenvalue weighted by Crippen LogP contribution is 2.21. The van der Waals surface area contributed by atoms with E-state index in [9.17, 15) is 9.90 Å². The van der Waals surface area contributed by atoms with Gasteiger partial charge in [0.2, 0.25) is 5.95 Å². The van der Waals surface area contributed by atoms with Crippen molar-refractivity contribution in [2.45, 2.75) is 0 Å². The lowest BCUT2D eigenvalue weighted by Crippen LogP contribution is -2.13. The van der Waals surface area contributed by atoms with Gasteiger partial charge in [-0.2, -0.15) is 4.98 Å². The van der Waals surface area contributed by atoms with E-state index in [0.717, 1.165) is 0 Å². The molecule has 0 saturated heterocycles. The second-order valence-electron chi connectivity index (χ2n) is 3.29.